The van der Waals surface area contributed by atoms with E-state index in [0.29, 0.717) is 32.1 Å². The number of hydrogen-bond donors (Lipinski definition) is 2. The Morgan fingerprint density at radius 3 is 2.40 bits per heavy atom. The number of rotatable bonds is 6. The van der Waals surface area contributed by atoms with Gasteiger partial charge in [-0.05, 0) is 25.3 Å². The van der Waals surface area contributed by atoms with E-state index in [4.69, 9.17) is 10.5 Å². The summed E-state index contributed by atoms with van der Waals surface area (Å²) in [4.78, 5) is 2.21. The van der Waals surface area contributed by atoms with Crippen molar-refractivity contribution in [2.45, 2.75) is 12.8 Å². The summed E-state index contributed by atoms with van der Waals surface area (Å²) in [7, 11) is -3.33. The minimum absolute atomic E-state index is 0.457. The predicted octanol–water partition coefficient (Wildman–Crippen LogP) is -1.18. The molecule has 0 aromatic rings. The van der Waals surface area contributed by atoms with Gasteiger partial charge in [-0.3, -0.25) is 4.90 Å². The van der Waals surface area contributed by atoms with Crippen molar-refractivity contribution in [1.29, 1.82) is 0 Å². The molecule has 20 heavy (non-hydrogen) atoms. The molecule has 0 aromatic heterocycles. The summed E-state index contributed by atoms with van der Waals surface area (Å²) < 4.78 is 33.8. The summed E-state index contributed by atoms with van der Waals surface area (Å²) in [6.07, 6.45) is 1.72. The van der Waals surface area contributed by atoms with Gasteiger partial charge in [0, 0.05) is 39.3 Å². The van der Waals surface area contributed by atoms with Crippen molar-refractivity contribution < 1.29 is 13.2 Å². The third-order valence-corrected chi connectivity index (χ3v) is 5.68. The molecule has 0 amide bonds. The topological polar surface area (TPSA) is 87.9 Å². The molecule has 8 heteroatoms. The second-order valence-corrected chi connectivity index (χ2v) is 7.19. The summed E-state index contributed by atoms with van der Waals surface area (Å²) in [5.74, 6) is 0.467. The third kappa shape index (κ3) is 4.64. The number of nitrogens with zero attached hydrogens (tertiary/aromatic N) is 2. The molecule has 0 atom stereocenters. The van der Waals surface area contributed by atoms with Gasteiger partial charge >= 0.3 is 0 Å². The number of morpholine rings is 1. The minimum atomic E-state index is -3.33. The predicted molar refractivity (Wildman–Crippen MR) is 77.5 cm³/mol. The highest BCUT2D eigenvalue weighted by Crippen LogP contribution is 2.17. The Bertz CT molecular complexity index is 376. The molecule has 2 aliphatic rings. The van der Waals surface area contributed by atoms with Gasteiger partial charge in [0.2, 0.25) is 0 Å². The molecule has 2 aliphatic heterocycles. The molecule has 2 fully saturated rings. The van der Waals surface area contributed by atoms with Crippen LogP contribution in [-0.2, 0) is 14.9 Å². The van der Waals surface area contributed by atoms with Crippen molar-refractivity contribution >= 4 is 10.2 Å². The summed E-state index contributed by atoms with van der Waals surface area (Å²) in [5, 5.41) is 0. The van der Waals surface area contributed by atoms with E-state index >= 15 is 0 Å². The highest BCUT2D eigenvalue weighted by molar-refractivity contribution is 7.87. The van der Waals surface area contributed by atoms with Gasteiger partial charge in [0.05, 0.1) is 13.2 Å². The molecule has 0 radical (unpaired) electrons. The highest BCUT2D eigenvalue weighted by atomic mass is 32.2. The lowest BCUT2D eigenvalue weighted by atomic mass is 9.99. The van der Waals surface area contributed by atoms with Crippen LogP contribution in [0.1, 0.15) is 12.8 Å². The van der Waals surface area contributed by atoms with Crippen LogP contribution in [0.15, 0.2) is 0 Å². The fourth-order valence-corrected chi connectivity index (χ4v) is 3.86. The normalized spacial score (nSPS) is 24.1. The van der Waals surface area contributed by atoms with Crippen LogP contribution in [-0.4, -0.2) is 76.6 Å². The third-order valence-electron chi connectivity index (χ3n) is 4.06. The molecule has 7 nitrogen and oxygen atoms in total. The van der Waals surface area contributed by atoms with E-state index in [9.17, 15) is 8.42 Å². The van der Waals surface area contributed by atoms with Crippen LogP contribution >= 0.6 is 0 Å². The zero-order valence-corrected chi connectivity index (χ0v) is 12.8. The van der Waals surface area contributed by atoms with Crippen molar-refractivity contribution in [2.75, 3.05) is 59.0 Å². The largest absolute Gasteiger partial charge is 0.379 e. The number of nitrogens with two attached hydrogens (primary N) is 1. The Kier molecular flexibility index (Phi) is 6.19. The van der Waals surface area contributed by atoms with Crippen molar-refractivity contribution in [3.8, 4) is 0 Å². The number of hydrogen-bond acceptors (Lipinski definition) is 5. The maximum atomic E-state index is 12.2. The van der Waals surface area contributed by atoms with Gasteiger partial charge in [-0.15, -0.1) is 0 Å². The van der Waals surface area contributed by atoms with Crippen LogP contribution in [0, 0.1) is 5.92 Å². The lowest BCUT2D eigenvalue weighted by Crippen LogP contribution is -2.48. The van der Waals surface area contributed by atoms with Gasteiger partial charge in [-0.25, -0.2) is 4.72 Å². The molecule has 3 N–H and O–H groups in total. The van der Waals surface area contributed by atoms with Gasteiger partial charge < -0.3 is 10.5 Å². The Labute approximate surface area is 121 Å². The summed E-state index contributed by atoms with van der Waals surface area (Å²) >= 11 is 0. The van der Waals surface area contributed by atoms with Crippen molar-refractivity contribution in [3.05, 3.63) is 0 Å². The average molecular weight is 306 g/mol. The van der Waals surface area contributed by atoms with Crippen molar-refractivity contribution in [1.82, 2.24) is 13.9 Å². The monoisotopic (exact) mass is 306 g/mol. The quantitative estimate of drug-likeness (QED) is 0.645. The van der Waals surface area contributed by atoms with E-state index in [1.165, 1.54) is 0 Å². The summed E-state index contributed by atoms with van der Waals surface area (Å²) in [5.41, 5.74) is 5.62. The molecule has 0 spiro atoms. The van der Waals surface area contributed by atoms with Crippen LogP contribution in [0.3, 0.4) is 0 Å². The van der Waals surface area contributed by atoms with Crippen LogP contribution in [0.2, 0.25) is 0 Å². The lowest BCUT2D eigenvalue weighted by Gasteiger charge is -2.31. The standard InChI is InChI=1S/C12H26N4O3S/c13-11-12-1-4-16(5-2-12)20(17,18)14-3-6-15-7-9-19-10-8-15/h12,14H,1-11,13H2. The fraction of sp³-hybridized carbons (Fsp3) is 1.00. The Hall–Kier alpha value is -0.250. The van der Waals surface area contributed by atoms with E-state index in [0.717, 1.165) is 45.7 Å². The average Bonchev–Trinajstić information content (AvgIpc) is 2.48. The van der Waals surface area contributed by atoms with E-state index < -0.39 is 10.2 Å². The van der Waals surface area contributed by atoms with Gasteiger partial charge in [-0.1, -0.05) is 0 Å². The van der Waals surface area contributed by atoms with Gasteiger partial charge in [0.15, 0.2) is 0 Å². The Morgan fingerprint density at radius 1 is 1.15 bits per heavy atom. The molecule has 0 unspecified atom stereocenters. The zero-order valence-electron chi connectivity index (χ0n) is 12.0. The van der Waals surface area contributed by atoms with Crippen molar-refractivity contribution in [2.24, 2.45) is 11.7 Å². The number of nitrogens with one attached hydrogen (secondary N) is 1. The first-order valence-electron chi connectivity index (χ1n) is 7.37. The maximum Gasteiger partial charge on any atom is 0.279 e. The van der Waals surface area contributed by atoms with Gasteiger partial charge in [-0.2, -0.15) is 12.7 Å². The molecule has 0 aliphatic carbocycles. The van der Waals surface area contributed by atoms with E-state index in [-0.39, 0.29) is 0 Å². The molecular weight excluding hydrogens is 280 g/mol. The molecule has 118 valence electrons. The van der Waals surface area contributed by atoms with Crippen LogP contribution < -0.4 is 10.5 Å². The van der Waals surface area contributed by atoms with E-state index in [1.807, 2.05) is 0 Å². The van der Waals surface area contributed by atoms with E-state index in [2.05, 4.69) is 9.62 Å². The van der Waals surface area contributed by atoms with Crippen LogP contribution in [0.4, 0.5) is 0 Å². The van der Waals surface area contributed by atoms with Crippen LogP contribution in [0.5, 0.6) is 0 Å². The Balaban J connectivity index is 1.70. The summed E-state index contributed by atoms with van der Waals surface area (Å²) in [6, 6.07) is 0. The number of ether oxygens (including phenoxy) is 1. The zero-order chi connectivity index (χ0) is 14.4. The molecule has 0 aromatic carbocycles. The summed E-state index contributed by atoms with van der Waals surface area (Å²) in [6.45, 7) is 6.23. The van der Waals surface area contributed by atoms with Crippen LogP contribution in [0.25, 0.3) is 0 Å². The fourth-order valence-electron chi connectivity index (χ4n) is 2.63. The number of piperidine rings is 1. The molecule has 0 saturated carbocycles. The van der Waals surface area contributed by atoms with Crippen molar-refractivity contribution in [3.63, 3.8) is 0 Å². The lowest BCUT2D eigenvalue weighted by molar-refractivity contribution is 0.0390. The SMILES string of the molecule is NCC1CCN(S(=O)(=O)NCCN2CCOCC2)CC1. The minimum Gasteiger partial charge on any atom is -0.379 e. The van der Waals surface area contributed by atoms with E-state index in [1.54, 1.807) is 4.31 Å². The van der Waals surface area contributed by atoms with Gasteiger partial charge in [0.25, 0.3) is 10.2 Å². The first-order chi connectivity index (χ1) is 9.62. The Morgan fingerprint density at radius 2 is 1.80 bits per heavy atom. The highest BCUT2D eigenvalue weighted by Gasteiger charge is 2.27. The van der Waals surface area contributed by atoms with Gasteiger partial charge in [0.1, 0.15) is 0 Å². The smallest absolute Gasteiger partial charge is 0.279 e. The maximum absolute atomic E-state index is 12.2. The molecular formula is C12H26N4O3S. The molecule has 2 rings (SSSR count). The molecule has 2 saturated heterocycles. The molecule has 2 heterocycles. The first-order valence-corrected chi connectivity index (χ1v) is 8.81. The molecule has 0 bridgehead atoms. The first kappa shape index (κ1) is 16.1. The second-order valence-electron chi connectivity index (χ2n) is 5.43. The second kappa shape index (κ2) is 7.67.